The van der Waals surface area contributed by atoms with Crippen LogP contribution in [0, 0.1) is 5.82 Å². The minimum atomic E-state index is -4.19. The minimum absolute atomic E-state index is 0.109. The van der Waals surface area contributed by atoms with E-state index in [1.54, 1.807) is 13.2 Å². The number of carbonyl (C=O) groups excluding carboxylic acids is 1. The molecular weight excluding hydrogens is 437 g/mol. The third-order valence-electron chi connectivity index (χ3n) is 5.61. The third kappa shape index (κ3) is 4.72. The van der Waals surface area contributed by atoms with Gasteiger partial charge < -0.3 is 9.47 Å². The van der Waals surface area contributed by atoms with Crippen LogP contribution in [0.4, 0.5) is 10.1 Å². The average Bonchev–Trinajstić information content (AvgIpc) is 3.05. The van der Waals surface area contributed by atoms with Crippen molar-refractivity contribution in [1.29, 1.82) is 0 Å². The SMILES string of the molecule is COCCCN1CCc2cc(OCc3ccccc3)c(N3CC(=O)NS3(=O)=O)c(F)c2C1. The van der Waals surface area contributed by atoms with Crippen molar-refractivity contribution in [2.75, 3.05) is 37.7 Å². The van der Waals surface area contributed by atoms with E-state index in [-0.39, 0.29) is 18.0 Å². The summed E-state index contributed by atoms with van der Waals surface area (Å²) in [7, 11) is -2.55. The number of methoxy groups -OCH3 is 1. The predicted molar refractivity (Wildman–Crippen MR) is 117 cm³/mol. The van der Waals surface area contributed by atoms with Gasteiger partial charge in [-0.1, -0.05) is 30.3 Å². The first-order valence-corrected chi connectivity index (χ1v) is 11.9. The van der Waals surface area contributed by atoms with Crippen LogP contribution in [0.2, 0.25) is 0 Å². The molecule has 4 rings (SSSR count). The van der Waals surface area contributed by atoms with Crippen LogP contribution in [0.3, 0.4) is 0 Å². The van der Waals surface area contributed by atoms with E-state index >= 15 is 4.39 Å². The quantitative estimate of drug-likeness (QED) is 0.603. The number of ether oxygens (including phenoxy) is 2. The minimum Gasteiger partial charge on any atom is -0.487 e. The molecule has 1 fully saturated rings. The van der Waals surface area contributed by atoms with Crippen molar-refractivity contribution in [3.05, 3.63) is 58.9 Å². The molecule has 2 aromatic carbocycles. The van der Waals surface area contributed by atoms with Gasteiger partial charge in [0, 0.05) is 38.9 Å². The molecule has 0 radical (unpaired) electrons. The van der Waals surface area contributed by atoms with Gasteiger partial charge in [0.15, 0.2) is 5.82 Å². The van der Waals surface area contributed by atoms with Crippen LogP contribution in [0.15, 0.2) is 36.4 Å². The summed E-state index contributed by atoms with van der Waals surface area (Å²) in [6.45, 7) is 2.13. The molecule has 2 aromatic rings. The van der Waals surface area contributed by atoms with Crippen LogP contribution in [-0.4, -0.2) is 52.6 Å². The van der Waals surface area contributed by atoms with Crippen molar-refractivity contribution in [2.24, 2.45) is 0 Å². The van der Waals surface area contributed by atoms with Crippen molar-refractivity contribution in [3.63, 3.8) is 0 Å². The number of hydrogen-bond acceptors (Lipinski definition) is 6. The van der Waals surface area contributed by atoms with E-state index in [0.717, 1.165) is 34.9 Å². The maximum Gasteiger partial charge on any atom is 0.326 e. The molecule has 0 unspecified atom stereocenters. The Morgan fingerprint density at radius 1 is 1.19 bits per heavy atom. The van der Waals surface area contributed by atoms with Gasteiger partial charge in [0.25, 0.3) is 5.91 Å². The number of nitrogens with one attached hydrogen (secondary N) is 1. The molecule has 32 heavy (non-hydrogen) atoms. The normalized spacial score (nSPS) is 17.8. The van der Waals surface area contributed by atoms with E-state index in [1.807, 2.05) is 35.1 Å². The Morgan fingerprint density at radius 3 is 2.66 bits per heavy atom. The van der Waals surface area contributed by atoms with E-state index in [2.05, 4.69) is 4.90 Å². The van der Waals surface area contributed by atoms with Crippen LogP contribution in [0.25, 0.3) is 0 Å². The highest BCUT2D eigenvalue weighted by Gasteiger charge is 2.39. The summed E-state index contributed by atoms with van der Waals surface area (Å²) in [6.07, 6.45) is 1.43. The Morgan fingerprint density at radius 2 is 1.97 bits per heavy atom. The number of halogens is 1. The Bertz CT molecular complexity index is 1090. The van der Waals surface area contributed by atoms with Crippen LogP contribution in [-0.2, 0) is 39.3 Å². The molecule has 0 saturated carbocycles. The first-order valence-electron chi connectivity index (χ1n) is 10.4. The van der Waals surface area contributed by atoms with Crippen LogP contribution in [0.1, 0.15) is 23.1 Å². The van der Waals surface area contributed by atoms with Crippen molar-refractivity contribution < 1.29 is 27.1 Å². The fourth-order valence-electron chi connectivity index (χ4n) is 4.03. The zero-order valence-electron chi connectivity index (χ0n) is 17.8. The van der Waals surface area contributed by atoms with Crippen molar-refractivity contribution in [1.82, 2.24) is 9.62 Å². The number of carbonyl (C=O) groups is 1. The van der Waals surface area contributed by atoms with Gasteiger partial charge in [0.2, 0.25) is 0 Å². The second-order valence-corrected chi connectivity index (χ2v) is 9.45. The molecule has 1 amide bonds. The molecular formula is C22H26FN3O5S. The molecule has 2 aliphatic heterocycles. The fraction of sp³-hybridized carbons (Fsp3) is 0.409. The molecule has 2 heterocycles. The molecule has 1 saturated heterocycles. The Kier molecular flexibility index (Phi) is 6.63. The molecule has 0 bridgehead atoms. The summed E-state index contributed by atoms with van der Waals surface area (Å²) < 4.78 is 54.5. The van der Waals surface area contributed by atoms with Crippen LogP contribution >= 0.6 is 0 Å². The lowest BCUT2D eigenvalue weighted by Gasteiger charge is -2.31. The molecule has 0 aliphatic carbocycles. The molecule has 0 spiro atoms. The summed E-state index contributed by atoms with van der Waals surface area (Å²) in [5.74, 6) is -1.27. The van der Waals surface area contributed by atoms with Crippen molar-refractivity contribution in [3.8, 4) is 5.75 Å². The largest absolute Gasteiger partial charge is 0.487 e. The summed E-state index contributed by atoms with van der Waals surface area (Å²) in [4.78, 5) is 13.9. The third-order valence-corrected chi connectivity index (χ3v) is 6.99. The summed E-state index contributed by atoms with van der Waals surface area (Å²) >= 11 is 0. The van der Waals surface area contributed by atoms with Gasteiger partial charge in [-0.15, -0.1) is 0 Å². The van der Waals surface area contributed by atoms with Gasteiger partial charge in [-0.3, -0.25) is 9.69 Å². The highest BCUT2D eigenvalue weighted by Crippen LogP contribution is 2.40. The zero-order valence-corrected chi connectivity index (χ0v) is 18.7. The molecule has 8 nitrogen and oxygen atoms in total. The highest BCUT2D eigenvalue weighted by atomic mass is 32.2. The summed E-state index contributed by atoms with van der Waals surface area (Å²) in [5.41, 5.74) is 1.86. The second-order valence-electron chi connectivity index (χ2n) is 7.86. The molecule has 0 atom stereocenters. The second kappa shape index (κ2) is 9.43. The number of amides is 1. The summed E-state index contributed by atoms with van der Waals surface area (Å²) in [6, 6.07) is 11.0. The lowest BCUT2D eigenvalue weighted by Crippen LogP contribution is -2.34. The maximum absolute atomic E-state index is 15.8. The Labute approximate surface area is 187 Å². The first-order chi connectivity index (χ1) is 15.4. The van der Waals surface area contributed by atoms with Crippen molar-refractivity contribution in [2.45, 2.75) is 26.0 Å². The maximum atomic E-state index is 15.8. The molecule has 0 aromatic heterocycles. The molecule has 2 aliphatic rings. The molecule has 10 heteroatoms. The molecule has 1 N–H and O–H groups in total. The van der Waals surface area contributed by atoms with Crippen LogP contribution in [0.5, 0.6) is 5.75 Å². The number of nitrogens with zero attached hydrogens (tertiary/aromatic N) is 2. The first kappa shape index (κ1) is 22.5. The van der Waals surface area contributed by atoms with E-state index in [1.165, 1.54) is 0 Å². The van der Waals surface area contributed by atoms with E-state index in [9.17, 15) is 13.2 Å². The van der Waals surface area contributed by atoms with Gasteiger partial charge in [0.1, 0.15) is 24.6 Å². The number of anilines is 1. The van der Waals surface area contributed by atoms with Gasteiger partial charge in [-0.05, 0) is 30.0 Å². The smallest absolute Gasteiger partial charge is 0.326 e. The average molecular weight is 464 g/mol. The van der Waals surface area contributed by atoms with E-state index in [0.29, 0.717) is 25.1 Å². The number of rotatable bonds is 8. The number of fused-ring (bicyclic) bond motifs is 1. The highest BCUT2D eigenvalue weighted by molar-refractivity contribution is 7.92. The topological polar surface area (TPSA) is 88.2 Å². The van der Waals surface area contributed by atoms with Gasteiger partial charge in [-0.25, -0.2) is 13.4 Å². The zero-order chi connectivity index (χ0) is 22.7. The Hall–Kier alpha value is -2.69. The molecule has 172 valence electrons. The van der Waals surface area contributed by atoms with Gasteiger partial charge in [0.05, 0.1) is 0 Å². The number of benzene rings is 2. The van der Waals surface area contributed by atoms with E-state index in [4.69, 9.17) is 9.47 Å². The lowest BCUT2D eigenvalue weighted by molar-refractivity contribution is -0.117. The van der Waals surface area contributed by atoms with Crippen LogP contribution < -0.4 is 13.8 Å². The monoisotopic (exact) mass is 463 g/mol. The van der Waals surface area contributed by atoms with E-state index < -0.39 is 28.5 Å². The van der Waals surface area contributed by atoms with Gasteiger partial charge >= 0.3 is 10.2 Å². The fourth-order valence-corrected chi connectivity index (χ4v) is 5.19. The van der Waals surface area contributed by atoms with Crippen molar-refractivity contribution >= 4 is 21.8 Å². The lowest BCUT2D eigenvalue weighted by atomic mass is 9.97. The predicted octanol–water partition coefficient (Wildman–Crippen LogP) is 1.98. The standard InChI is InChI=1S/C22H26FN3O5S/c1-30-11-5-9-25-10-8-17-12-19(31-15-16-6-3-2-4-7-16)22(21(23)18(17)13-25)26-14-20(27)24-32(26,28)29/h2-4,6-7,12H,5,8-11,13-15H2,1H3,(H,24,27). The van der Waals surface area contributed by atoms with Gasteiger partial charge in [-0.2, -0.15) is 8.42 Å². The Balaban J connectivity index is 1.69. The summed E-state index contributed by atoms with van der Waals surface area (Å²) in [5, 5.41) is 0. The number of hydrogen-bond donors (Lipinski definition) is 1.